The van der Waals surface area contributed by atoms with Crippen LogP contribution in [0.1, 0.15) is 22.3 Å². The number of aryl methyl sites for hydroxylation is 4. The maximum Gasteiger partial charge on any atom is 0.164 e. The Labute approximate surface area is 373 Å². The molecule has 0 unspecified atom stereocenters. The van der Waals surface area contributed by atoms with Crippen LogP contribution in [0.25, 0.3) is 102 Å². The van der Waals surface area contributed by atoms with E-state index in [1.807, 2.05) is 73.1 Å². The third-order valence-electron chi connectivity index (χ3n) is 11.8. The van der Waals surface area contributed by atoms with Crippen LogP contribution in [0.15, 0.2) is 188 Å². The van der Waals surface area contributed by atoms with Crippen molar-refractivity contribution in [3.63, 3.8) is 0 Å². The van der Waals surface area contributed by atoms with Crippen molar-refractivity contribution in [2.24, 2.45) is 0 Å². The molecule has 0 spiro atoms. The SMILES string of the molecule is Cc1ccc(-c2nc(-c3ccccc3)nc(-c3cccc(-c4ccc(-c5ccncc5)c(-c5cccc(-c6nc(-c7ccccc7)nc(-c7ccc(C)c(C)c7)n6)c5)c4)c3)n2)cc1C. The lowest BCUT2D eigenvalue weighted by molar-refractivity contribution is 1.07. The predicted molar refractivity (Wildman–Crippen MR) is 259 cm³/mol. The van der Waals surface area contributed by atoms with Gasteiger partial charge >= 0.3 is 0 Å². The molecule has 10 rings (SSSR count). The van der Waals surface area contributed by atoms with Crippen molar-refractivity contribution in [1.29, 1.82) is 0 Å². The first kappa shape index (κ1) is 39.8. The van der Waals surface area contributed by atoms with Gasteiger partial charge in [-0.2, -0.15) is 0 Å². The lowest BCUT2D eigenvalue weighted by Gasteiger charge is -2.15. The van der Waals surface area contributed by atoms with Crippen LogP contribution < -0.4 is 0 Å². The Morgan fingerprint density at radius 3 is 1.09 bits per heavy atom. The summed E-state index contributed by atoms with van der Waals surface area (Å²) in [6.07, 6.45) is 3.67. The van der Waals surface area contributed by atoms with Crippen molar-refractivity contribution in [2.75, 3.05) is 0 Å². The summed E-state index contributed by atoms with van der Waals surface area (Å²) in [7, 11) is 0. The second kappa shape index (κ2) is 17.2. The van der Waals surface area contributed by atoms with E-state index in [2.05, 4.69) is 148 Å². The summed E-state index contributed by atoms with van der Waals surface area (Å²) in [6.45, 7) is 8.46. The number of nitrogens with zero attached hydrogens (tertiary/aromatic N) is 7. The van der Waals surface area contributed by atoms with Gasteiger partial charge in [0.2, 0.25) is 0 Å². The Kier molecular flexibility index (Phi) is 10.7. The van der Waals surface area contributed by atoms with Gasteiger partial charge in [0.05, 0.1) is 0 Å². The number of pyridine rings is 1. The number of rotatable bonds is 9. The molecule has 0 N–H and O–H groups in total. The topological polar surface area (TPSA) is 90.2 Å². The van der Waals surface area contributed by atoms with Crippen LogP contribution in [0.2, 0.25) is 0 Å². The summed E-state index contributed by atoms with van der Waals surface area (Å²) in [6, 6.07) is 60.5. The fourth-order valence-electron chi connectivity index (χ4n) is 7.87. The monoisotopic (exact) mass is 825 g/mol. The Morgan fingerprint density at radius 1 is 0.234 bits per heavy atom. The van der Waals surface area contributed by atoms with Gasteiger partial charge < -0.3 is 0 Å². The van der Waals surface area contributed by atoms with E-state index in [-0.39, 0.29) is 0 Å². The van der Waals surface area contributed by atoms with Gasteiger partial charge in [-0.05, 0) is 126 Å². The van der Waals surface area contributed by atoms with Crippen LogP contribution in [0.3, 0.4) is 0 Å². The first-order valence-electron chi connectivity index (χ1n) is 21.4. The van der Waals surface area contributed by atoms with E-state index in [0.29, 0.717) is 34.9 Å². The molecule has 7 nitrogen and oxygen atoms in total. The van der Waals surface area contributed by atoms with E-state index in [0.717, 1.165) is 66.8 Å². The summed E-state index contributed by atoms with van der Waals surface area (Å²) in [5, 5.41) is 0. The van der Waals surface area contributed by atoms with E-state index >= 15 is 0 Å². The van der Waals surface area contributed by atoms with Crippen LogP contribution in [-0.4, -0.2) is 34.9 Å². The first-order chi connectivity index (χ1) is 31.3. The highest BCUT2D eigenvalue weighted by Crippen LogP contribution is 2.38. The van der Waals surface area contributed by atoms with E-state index in [1.54, 1.807) is 0 Å². The van der Waals surface area contributed by atoms with Crippen molar-refractivity contribution in [3.05, 3.63) is 211 Å². The minimum atomic E-state index is 0.602. The standard InChI is InChI=1S/C57H43N7/c1-36-21-23-48(31-38(36)3)56-61-52(41-13-7-5-8-14-41)59-54(63-56)46-19-11-17-43(33-46)44-25-26-50(40-27-29-58-30-28-40)51(35-44)45-18-12-20-47(34-45)55-60-53(42-15-9-6-10-16-42)62-57(64-55)49-24-22-37(2)39(4)32-49/h5-35H,1-4H3. The van der Waals surface area contributed by atoms with Crippen LogP contribution in [-0.2, 0) is 0 Å². The molecule has 7 heteroatoms. The highest BCUT2D eigenvalue weighted by molar-refractivity contribution is 5.89. The summed E-state index contributed by atoms with van der Waals surface area (Å²) in [5.74, 6) is 3.73. The third-order valence-corrected chi connectivity index (χ3v) is 11.8. The Balaban J connectivity index is 1.09. The quantitative estimate of drug-likeness (QED) is 0.143. The van der Waals surface area contributed by atoms with Gasteiger partial charge in [0.15, 0.2) is 34.9 Å². The number of hydrogen-bond donors (Lipinski definition) is 0. The van der Waals surface area contributed by atoms with Crippen molar-refractivity contribution in [2.45, 2.75) is 27.7 Å². The fourth-order valence-corrected chi connectivity index (χ4v) is 7.87. The van der Waals surface area contributed by atoms with E-state index in [4.69, 9.17) is 29.9 Å². The van der Waals surface area contributed by atoms with Crippen molar-refractivity contribution < 1.29 is 0 Å². The van der Waals surface area contributed by atoms with Crippen LogP contribution in [0, 0.1) is 27.7 Å². The zero-order valence-electron chi connectivity index (χ0n) is 36.0. The van der Waals surface area contributed by atoms with Gasteiger partial charge in [-0.3, -0.25) is 4.98 Å². The molecular formula is C57H43N7. The van der Waals surface area contributed by atoms with E-state index in [1.165, 1.54) is 22.3 Å². The number of aromatic nitrogens is 7. The van der Waals surface area contributed by atoms with Gasteiger partial charge in [0.1, 0.15) is 0 Å². The molecule has 0 amide bonds. The molecule has 0 fully saturated rings. The minimum Gasteiger partial charge on any atom is -0.265 e. The van der Waals surface area contributed by atoms with E-state index < -0.39 is 0 Å². The average Bonchev–Trinajstić information content (AvgIpc) is 3.36. The average molecular weight is 826 g/mol. The summed E-state index contributed by atoms with van der Waals surface area (Å²) >= 11 is 0. The molecule has 0 aliphatic rings. The molecule has 3 aromatic heterocycles. The molecular weight excluding hydrogens is 783 g/mol. The normalized spacial score (nSPS) is 11.1. The van der Waals surface area contributed by atoms with Gasteiger partial charge in [-0.15, -0.1) is 0 Å². The molecule has 0 aliphatic carbocycles. The van der Waals surface area contributed by atoms with Crippen molar-refractivity contribution >= 4 is 0 Å². The molecule has 0 radical (unpaired) electrons. The molecule has 0 saturated carbocycles. The minimum absolute atomic E-state index is 0.602. The Morgan fingerprint density at radius 2 is 0.609 bits per heavy atom. The Hall–Kier alpha value is -8.29. The van der Waals surface area contributed by atoms with Gasteiger partial charge in [-0.25, -0.2) is 29.9 Å². The molecule has 10 aromatic rings. The maximum atomic E-state index is 5.10. The molecule has 0 aliphatic heterocycles. The summed E-state index contributed by atoms with van der Waals surface area (Å²) in [4.78, 5) is 34.6. The van der Waals surface area contributed by atoms with Gasteiger partial charge in [-0.1, -0.05) is 133 Å². The second-order valence-electron chi connectivity index (χ2n) is 16.1. The highest BCUT2D eigenvalue weighted by atomic mass is 15.0. The van der Waals surface area contributed by atoms with Crippen molar-refractivity contribution in [3.8, 4) is 102 Å². The maximum absolute atomic E-state index is 5.10. The smallest absolute Gasteiger partial charge is 0.164 e. The van der Waals surface area contributed by atoms with Gasteiger partial charge in [0, 0.05) is 45.8 Å². The zero-order chi connectivity index (χ0) is 43.6. The largest absolute Gasteiger partial charge is 0.265 e. The molecule has 7 aromatic carbocycles. The van der Waals surface area contributed by atoms with Gasteiger partial charge in [0.25, 0.3) is 0 Å². The predicted octanol–water partition coefficient (Wildman–Crippen LogP) is 13.7. The molecule has 0 bridgehead atoms. The lowest BCUT2D eigenvalue weighted by atomic mass is 9.90. The number of hydrogen-bond acceptors (Lipinski definition) is 7. The van der Waals surface area contributed by atoms with Crippen LogP contribution >= 0.6 is 0 Å². The summed E-state index contributed by atoms with van der Waals surface area (Å²) in [5.41, 5.74) is 16.7. The molecule has 64 heavy (non-hydrogen) atoms. The van der Waals surface area contributed by atoms with Crippen LogP contribution in [0.5, 0.6) is 0 Å². The molecule has 306 valence electrons. The molecule has 0 saturated heterocycles. The fraction of sp³-hybridized carbons (Fsp3) is 0.0702. The van der Waals surface area contributed by atoms with Crippen molar-refractivity contribution in [1.82, 2.24) is 34.9 Å². The molecule has 3 heterocycles. The highest BCUT2D eigenvalue weighted by Gasteiger charge is 2.17. The second-order valence-corrected chi connectivity index (χ2v) is 16.1. The van der Waals surface area contributed by atoms with Crippen LogP contribution in [0.4, 0.5) is 0 Å². The third kappa shape index (κ3) is 8.22. The summed E-state index contributed by atoms with van der Waals surface area (Å²) < 4.78 is 0. The Bertz CT molecular complexity index is 3310. The number of benzene rings is 7. The first-order valence-corrected chi connectivity index (χ1v) is 21.4. The molecule has 0 atom stereocenters. The zero-order valence-corrected chi connectivity index (χ0v) is 36.0. The van der Waals surface area contributed by atoms with E-state index in [9.17, 15) is 0 Å². The lowest BCUT2D eigenvalue weighted by Crippen LogP contribution is -2.01.